The van der Waals surface area contributed by atoms with E-state index in [1.165, 1.54) is 11.6 Å². The van der Waals surface area contributed by atoms with E-state index in [0.29, 0.717) is 6.04 Å². The van der Waals surface area contributed by atoms with Gasteiger partial charge in [0.25, 0.3) is 0 Å². The lowest BCUT2D eigenvalue weighted by Crippen LogP contribution is -2.45. The fraction of sp³-hybridized carbons (Fsp3) is 0.227. The van der Waals surface area contributed by atoms with Crippen LogP contribution in [0.2, 0.25) is 0 Å². The van der Waals surface area contributed by atoms with Crippen molar-refractivity contribution in [3.8, 4) is 11.1 Å². The van der Waals surface area contributed by atoms with Crippen LogP contribution >= 0.6 is 0 Å². The molecular formula is C22H23N5O2. The number of ether oxygens (including phenoxy) is 1. The van der Waals surface area contributed by atoms with Crippen molar-refractivity contribution >= 4 is 17.7 Å². The smallest absolute Gasteiger partial charge is 0.248 e. The molecule has 0 atom stereocenters. The number of pyridine rings is 1. The summed E-state index contributed by atoms with van der Waals surface area (Å²) in [5.41, 5.74) is 4.74. The van der Waals surface area contributed by atoms with E-state index in [9.17, 15) is 4.79 Å². The molecule has 2 N–H and O–H groups in total. The largest absolute Gasteiger partial charge is 0.378 e. The molecule has 4 rings (SSSR count). The maximum atomic E-state index is 12.3. The molecular weight excluding hydrogens is 366 g/mol. The van der Waals surface area contributed by atoms with Gasteiger partial charge in [-0.25, -0.2) is 0 Å². The van der Waals surface area contributed by atoms with Gasteiger partial charge in [0.2, 0.25) is 5.91 Å². The van der Waals surface area contributed by atoms with E-state index in [1.54, 1.807) is 29.3 Å². The highest BCUT2D eigenvalue weighted by atomic mass is 16.5. The van der Waals surface area contributed by atoms with Crippen LogP contribution < -0.4 is 10.6 Å². The van der Waals surface area contributed by atoms with E-state index in [1.807, 2.05) is 43.6 Å². The first kappa shape index (κ1) is 19.0. The molecule has 3 aromatic rings. The third-order valence-corrected chi connectivity index (χ3v) is 4.74. The zero-order chi connectivity index (χ0) is 20.1. The van der Waals surface area contributed by atoms with Crippen LogP contribution in [0.4, 0.5) is 5.69 Å². The molecule has 1 amide bonds. The van der Waals surface area contributed by atoms with E-state index in [-0.39, 0.29) is 5.91 Å². The number of anilines is 1. The zero-order valence-corrected chi connectivity index (χ0v) is 16.2. The number of nitrogens with zero attached hydrogens (tertiary/aromatic N) is 3. The van der Waals surface area contributed by atoms with Gasteiger partial charge in [-0.1, -0.05) is 12.1 Å². The molecule has 7 nitrogen and oxygen atoms in total. The van der Waals surface area contributed by atoms with Crippen LogP contribution in [0, 0.1) is 0 Å². The molecule has 7 heteroatoms. The van der Waals surface area contributed by atoms with Crippen molar-refractivity contribution in [3.63, 3.8) is 0 Å². The van der Waals surface area contributed by atoms with Gasteiger partial charge in [-0.05, 0) is 35.4 Å². The van der Waals surface area contributed by atoms with Crippen molar-refractivity contribution < 1.29 is 9.53 Å². The average Bonchev–Trinajstić information content (AvgIpc) is 3.13. The first-order valence-corrected chi connectivity index (χ1v) is 9.49. The Morgan fingerprint density at radius 3 is 2.76 bits per heavy atom. The fourth-order valence-electron chi connectivity index (χ4n) is 3.03. The van der Waals surface area contributed by atoms with Crippen LogP contribution in [-0.2, 0) is 23.1 Å². The monoisotopic (exact) mass is 389 g/mol. The van der Waals surface area contributed by atoms with E-state index in [4.69, 9.17) is 4.74 Å². The minimum absolute atomic E-state index is 0.191. The van der Waals surface area contributed by atoms with Gasteiger partial charge < -0.3 is 15.4 Å². The Kier molecular flexibility index (Phi) is 5.79. The Morgan fingerprint density at radius 1 is 1.24 bits per heavy atom. The number of aromatic nitrogens is 3. The molecule has 2 aromatic heterocycles. The molecule has 3 heterocycles. The number of hydrogen-bond donors (Lipinski definition) is 2. The molecule has 0 spiro atoms. The van der Waals surface area contributed by atoms with Crippen molar-refractivity contribution in [2.75, 3.05) is 18.5 Å². The molecule has 1 aromatic carbocycles. The molecule has 0 radical (unpaired) electrons. The summed E-state index contributed by atoms with van der Waals surface area (Å²) in [5, 5.41) is 10.5. The van der Waals surface area contributed by atoms with Crippen LogP contribution in [-0.4, -0.2) is 39.9 Å². The Bertz CT molecular complexity index is 1010. The van der Waals surface area contributed by atoms with Gasteiger partial charge >= 0.3 is 0 Å². The van der Waals surface area contributed by atoms with Crippen molar-refractivity contribution in [1.82, 2.24) is 20.1 Å². The molecule has 148 valence electrons. The van der Waals surface area contributed by atoms with Crippen molar-refractivity contribution in [1.29, 1.82) is 0 Å². The van der Waals surface area contributed by atoms with Gasteiger partial charge in [0.1, 0.15) is 0 Å². The van der Waals surface area contributed by atoms with E-state index < -0.39 is 0 Å². The minimum Gasteiger partial charge on any atom is -0.378 e. The summed E-state index contributed by atoms with van der Waals surface area (Å²) < 4.78 is 6.90. The SMILES string of the molecule is Cn1cc(-c2ccncc2/C=C/C(=O)Nc2ccc(CNC3COC3)cc2)cn1. The van der Waals surface area contributed by atoms with E-state index in [0.717, 1.165) is 42.1 Å². The first-order valence-electron chi connectivity index (χ1n) is 9.49. The normalized spacial score (nSPS) is 14.1. The molecule has 1 aliphatic heterocycles. The Balaban J connectivity index is 1.36. The van der Waals surface area contributed by atoms with Gasteiger partial charge in [-0.3, -0.25) is 14.5 Å². The molecule has 0 unspecified atom stereocenters. The second kappa shape index (κ2) is 8.81. The maximum Gasteiger partial charge on any atom is 0.248 e. The lowest BCUT2D eigenvalue weighted by Gasteiger charge is -2.27. The summed E-state index contributed by atoms with van der Waals surface area (Å²) >= 11 is 0. The van der Waals surface area contributed by atoms with Crippen LogP contribution in [0.3, 0.4) is 0 Å². The van der Waals surface area contributed by atoms with Gasteiger partial charge in [0, 0.05) is 55.1 Å². The summed E-state index contributed by atoms with van der Waals surface area (Å²) in [5.74, 6) is -0.191. The highest BCUT2D eigenvalue weighted by Crippen LogP contribution is 2.23. The quantitative estimate of drug-likeness (QED) is 0.607. The summed E-state index contributed by atoms with van der Waals surface area (Å²) in [6.07, 6.45) is 10.5. The molecule has 1 fully saturated rings. The number of amides is 1. The number of benzene rings is 1. The van der Waals surface area contributed by atoms with E-state index >= 15 is 0 Å². The zero-order valence-electron chi connectivity index (χ0n) is 16.2. The van der Waals surface area contributed by atoms with Crippen LogP contribution in [0.15, 0.2) is 61.2 Å². The average molecular weight is 389 g/mol. The van der Waals surface area contributed by atoms with E-state index in [2.05, 4.69) is 20.7 Å². The highest BCUT2D eigenvalue weighted by molar-refractivity contribution is 6.02. The van der Waals surface area contributed by atoms with Crippen LogP contribution in [0.5, 0.6) is 0 Å². The van der Waals surface area contributed by atoms with Crippen LogP contribution in [0.25, 0.3) is 17.2 Å². The number of rotatable bonds is 7. The summed E-state index contributed by atoms with van der Waals surface area (Å²) in [6, 6.07) is 10.2. The Morgan fingerprint density at radius 2 is 2.07 bits per heavy atom. The fourth-order valence-corrected chi connectivity index (χ4v) is 3.03. The molecule has 29 heavy (non-hydrogen) atoms. The summed E-state index contributed by atoms with van der Waals surface area (Å²) in [4.78, 5) is 16.5. The summed E-state index contributed by atoms with van der Waals surface area (Å²) in [6.45, 7) is 2.35. The molecule has 0 saturated carbocycles. The molecule has 1 saturated heterocycles. The third kappa shape index (κ3) is 4.96. The van der Waals surface area contributed by atoms with Gasteiger partial charge in [-0.2, -0.15) is 5.10 Å². The Labute approximate surface area is 169 Å². The summed E-state index contributed by atoms with van der Waals surface area (Å²) in [7, 11) is 1.87. The lowest BCUT2D eigenvalue weighted by molar-refractivity contribution is -0.111. The second-order valence-corrected chi connectivity index (χ2v) is 7.00. The topological polar surface area (TPSA) is 81.1 Å². The molecule has 1 aliphatic rings. The predicted molar refractivity (Wildman–Crippen MR) is 112 cm³/mol. The van der Waals surface area contributed by atoms with Gasteiger partial charge in [-0.15, -0.1) is 0 Å². The second-order valence-electron chi connectivity index (χ2n) is 7.00. The number of aryl methyl sites for hydroxylation is 1. The van der Waals surface area contributed by atoms with Crippen molar-refractivity contribution in [3.05, 3.63) is 72.3 Å². The standard InChI is InChI=1S/C22H23N5O2/c1-27-13-18(12-25-27)21-8-9-23-11-17(21)4-7-22(28)26-19-5-2-16(3-6-19)10-24-20-14-29-15-20/h2-9,11-13,20,24H,10,14-15H2,1H3,(H,26,28)/b7-4+. The number of hydrogen-bond acceptors (Lipinski definition) is 5. The number of nitrogens with one attached hydrogen (secondary N) is 2. The van der Waals surface area contributed by atoms with Gasteiger partial charge in [0.15, 0.2) is 0 Å². The minimum atomic E-state index is -0.191. The van der Waals surface area contributed by atoms with Crippen molar-refractivity contribution in [2.24, 2.45) is 7.05 Å². The van der Waals surface area contributed by atoms with Crippen molar-refractivity contribution in [2.45, 2.75) is 12.6 Å². The maximum absolute atomic E-state index is 12.3. The number of carbonyl (C=O) groups excluding carboxylic acids is 1. The van der Waals surface area contributed by atoms with Gasteiger partial charge in [0.05, 0.1) is 25.5 Å². The van der Waals surface area contributed by atoms with Crippen LogP contribution in [0.1, 0.15) is 11.1 Å². The molecule has 0 aliphatic carbocycles. The third-order valence-electron chi connectivity index (χ3n) is 4.74. The predicted octanol–water partition coefficient (Wildman–Crippen LogP) is 2.62. The Hall–Kier alpha value is -3.29. The molecule has 0 bridgehead atoms. The first-order chi connectivity index (χ1) is 14.2. The lowest BCUT2D eigenvalue weighted by atomic mass is 10.0. The highest BCUT2D eigenvalue weighted by Gasteiger charge is 2.16. The number of carbonyl (C=O) groups is 1.